The first kappa shape index (κ1) is 32.2. The van der Waals surface area contributed by atoms with Gasteiger partial charge in [-0.3, -0.25) is 9.69 Å². The lowest BCUT2D eigenvalue weighted by Crippen LogP contribution is -2.79. The van der Waals surface area contributed by atoms with Crippen molar-refractivity contribution in [2.24, 2.45) is 5.92 Å². The number of carbonyl (C=O) groups is 1. The number of sulfonamides is 1. The Kier molecular flexibility index (Phi) is 8.38. The highest BCUT2D eigenvalue weighted by atomic mass is 32.2. The molecule has 1 spiro atoms. The van der Waals surface area contributed by atoms with Crippen LogP contribution in [0.1, 0.15) is 67.9 Å². The molecule has 47 heavy (non-hydrogen) atoms. The van der Waals surface area contributed by atoms with Gasteiger partial charge < -0.3 is 14.2 Å². The average molecular weight is 659 g/mol. The monoisotopic (exact) mass is 658 g/mol. The van der Waals surface area contributed by atoms with Crippen LogP contribution in [0.2, 0.25) is 0 Å². The van der Waals surface area contributed by atoms with E-state index in [4.69, 9.17) is 14.2 Å². The maximum absolute atomic E-state index is 14.0. The lowest BCUT2D eigenvalue weighted by Gasteiger charge is -2.65. The second-order valence-corrected chi connectivity index (χ2v) is 16.0. The van der Waals surface area contributed by atoms with Gasteiger partial charge in [-0.2, -0.15) is 0 Å². The van der Waals surface area contributed by atoms with Gasteiger partial charge in [-0.25, -0.2) is 13.1 Å². The molecule has 2 bridgehead atoms. The third kappa shape index (κ3) is 5.44. The maximum Gasteiger partial charge on any atom is 0.303 e. The number of hydrogen-bond acceptors (Lipinski definition) is 7. The number of nitrogens with zero attached hydrogens (tertiary/aromatic N) is 1. The summed E-state index contributed by atoms with van der Waals surface area (Å²) in [5, 5.41) is 0. The van der Waals surface area contributed by atoms with Gasteiger partial charge in [0, 0.05) is 19.0 Å². The predicted molar refractivity (Wildman–Crippen MR) is 181 cm³/mol. The molecule has 3 aromatic rings. The zero-order valence-electron chi connectivity index (χ0n) is 27.8. The molecule has 0 aromatic heterocycles. The number of nitrogens with one attached hydrogen (secondary N) is 1. The van der Waals surface area contributed by atoms with Crippen LogP contribution in [0.3, 0.4) is 0 Å². The summed E-state index contributed by atoms with van der Waals surface area (Å²) in [6.45, 7) is 7.40. The standard InChI is InChI=1S/C38H46N2O6S/c1-25(2)22-28-12-8-9-13-30(28)24-47(42,43)39-31-16-18-38(46-26(3)41)33-23-29-14-15-32(44-4)35-34(29)37(38,36(31)45-35)19-21-40(33)20-17-27-10-6-5-7-11-27/h5-15,25,31,33,36,39H,16-24H2,1-4H3/t31-,33-,36+,37+,38-/m1/s1. The van der Waals surface area contributed by atoms with E-state index in [2.05, 4.69) is 53.8 Å². The SMILES string of the molecule is COc1ccc2c3c1O[C@H]1[C@H](NS(=O)(=O)Cc4ccccc4CC(C)C)CC[C@@]4(OC(C)=O)[C@@H](C2)N(CCc2ccccc2)CC[C@]314. The van der Waals surface area contributed by atoms with Crippen LogP contribution in [0.4, 0.5) is 0 Å². The fourth-order valence-electron chi connectivity index (χ4n) is 9.34. The number of hydrogen-bond donors (Lipinski definition) is 1. The molecule has 2 heterocycles. The molecule has 4 aliphatic rings. The summed E-state index contributed by atoms with van der Waals surface area (Å²) in [6, 6.07) is 21.8. The van der Waals surface area contributed by atoms with E-state index in [1.165, 1.54) is 12.5 Å². The smallest absolute Gasteiger partial charge is 0.303 e. The van der Waals surface area contributed by atoms with Crippen LogP contribution in [-0.4, -0.2) is 63.3 Å². The van der Waals surface area contributed by atoms with Gasteiger partial charge in [0.05, 0.1) is 30.4 Å². The van der Waals surface area contributed by atoms with Crippen LogP contribution in [0.15, 0.2) is 66.7 Å². The van der Waals surface area contributed by atoms with Crippen LogP contribution in [0.5, 0.6) is 11.5 Å². The number of esters is 1. The van der Waals surface area contributed by atoms with Crippen molar-refractivity contribution in [3.05, 3.63) is 94.5 Å². The molecular weight excluding hydrogens is 612 g/mol. The van der Waals surface area contributed by atoms with E-state index >= 15 is 0 Å². The van der Waals surface area contributed by atoms with Gasteiger partial charge in [0.2, 0.25) is 10.0 Å². The molecule has 2 fully saturated rings. The lowest BCUT2D eigenvalue weighted by molar-refractivity contribution is -0.218. The highest BCUT2D eigenvalue weighted by Crippen LogP contribution is 2.66. The normalized spacial score (nSPS) is 27.6. The van der Waals surface area contributed by atoms with Crippen molar-refractivity contribution in [3.63, 3.8) is 0 Å². The maximum atomic E-state index is 14.0. The summed E-state index contributed by atoms with van der Waals surface area (Å²) in [6.07, 6.45) is 3.57. The highest BCUT2D eigenvalue weighted by Gasteiger charge is 2.75. The van der Waals surface area contributed by atoms with Gasteiger partial charge in [-0.15, -0.1) is 0 Å². The van der Waals surface area contributed by atoms with Crippen LogP contribution in [0.25, 0.3) is 0 Å². The minimum atomic E-state index is -3.75. The minimum absolute atomic E-state index is 0.0673. The quantitative estimate of drug-likeness (QED) is 0.278. The van der Waals surface area contributed by atoms with Gasteiger partial charge >= 0.3 is 5.97 Å². The summed E-state index contributed by atoms with van der Waals surface area (Å²) >= 11 is 0. The fraction of sp³-hybridized carbons (Fsp3) is 0.500. The van der Waals surface area contributed by atoms with E-state index in [1.807, 2.05) is 36.4 Å². The number of rotatable bonds is 11. The molecule has 0 radical (unpaired) electrons. The molecule has 1 saturated heterocycles. The van der Waals surface area contributed by atoms with E-state index in [0.717, 1.165) is 54.6 Å². The Bertz CT molecular complexity index is 1760. The molecular formula is C38H46N2O6S. The Balaban J connectivity index is 1.27. The van der Waals surface area contributed by atoms with Gasteiger partial charge in [-0.05, 0) is 79.3 Å². The van der Waals surface area contributed by atoms with Gasteiger partial charge in [0.1, 0.15) is 11.7 Å². The molecule has 2 aliphatic heterocycles. The molecule has 9 heteroatoms. The molecule has 2 aliphatic carbocycles. The predicted octanol–water partition coefficient (Wildman–Crippen LogP) is 5.35. The van der Waals surface area contributed by atoms with Gasteiger partial charge in [0.15, 0.2) is 11.5 Å². The van der Waals surface area contributed by atoms with Crippen molar-refractivity contribution in [3.8, 4) is 11.5 Å². The number of piperidine rings is 1. The Hall–Kier alpha value is -3.40. The van der Waals surface area contributed by atoms with Crippen molar-refractivity contribution in [2.45, 2.75) is 94.3 Å². The van der Waals surface area contributed by atoms with E-state index in [1.54, 1.807) is 7.11 Å². The second-order valence-electron chi connectivity index (χ2n) is 14.3. The van der Waals surface area contributed by atoms with E-state index in [-0.39, 0.29) is 17.8 Å². The van der Waals surface area contributed by atoms with Crippen LogP contribution in [-0.2, 0) is 50.0 Å². The molecule has 7 rings (SSSR count). The number of ether oxygens (including phenoxy) is 3. The van der Waals surface area contributed by atoms with Crippen molar-refractivity contribution >= 4 is 16.0 Å². The molecule has 8 nitrogen and oxygen atoms in total. The first-order chi connectivity index (χ1) is 22.6. The molecule has 1 saturated carbocycles. The first-order valence-electron chi connectivity index (χ1n) is 17.0. The summed E-state index contributed by atoms with van der Waals surface area (Å²) in [4.78, 5) is 15.5. The number of likely N-dealkylation sites (tertiary alicyclic amines) is 1. The summed E-state index contributed by atoms with van der Waals surface area (Å²) < 4.78 is 50.4. The lowest BCUT2D eigenvalue weighted by atomic mass is 9.48. The number of methoxy groups -OCH3 is 1. The molecule has 250 valence electrons. The largest absolute Gasteiger partial charge is 0.493 e. The third-order valence-corrected chi connectivity index (χ3v) is 12.4. The topological polar surface area (TPSA) is 94.2 Å². The zero-order valence-corrected chi connectivity index (χ0v) is 28.6. The van der Waals surface area contributed by atoms with E-state index < -0.39 is 33.2 Å². The molecule has 0 unspecified atom stereocenters. The number of carbonyl (C=O) groups excluding carboxylic acids is 1. The highest BCUT2D eigenvalue weighted by molar-refractivity contribution is 7.88. The van der Waals surface area contributed by atoms with Crippen molar-refractivity contribution in [1.29, 1.82) is 0 Å². The number of benzene rings is 3. The molecule has 1 N–H and O–H groups in total. The van der Waals surface area contributed by atoms with Crippen LogP contribution in [0, 0.1) is 5.92 Å². The third-order valence-electron chi connectivity index (χ3n) is 11.0. The minimum Gasteiger partial charge on any atom is -0.493 e. The zero-order chi connectivity index (χ0) is 33.0. The Morgan fingerprint density at radius 2 is 1.79 bits per heavy atom. The van der Waals surface area contributed by atoms with Crippen LogP contribution >= 0.6 is 0 Å². The fourth-order valence-corrected chi connectivity index (χ4v) is 10.8. The van der Waals surface area contributed by atoms with Gasteiger partial charge in [0.25, 0.3) is 0 Å². The Labute approximate surface area is 278 Å². The molecule has 0 amide bonds. The van der Waals surface area contributed by atoms with Gasteiger partial charge in [-0.1, -0.05) is 74.5 Å². The van der Waals surface area contributed by atoms with Crippen LogP contribution < -0.4 is 14.2 Å². The van der Waals surface area contributed by atoms with Crippen molar-refractivity contribution in [1.82, 2.24) is 9.62 Å². The average Bonchev–Trinajstić information content (AvgIpc) is 3.38. The summed E-state index contributed by atoms with van der Waals surface area (Å²) in [7, 11) is -2.11. The summed E-state index contributed by atoms with van der Waals surface area (Å²) in [5.74, 6) is 1.28. The Morgan fingerprint density at radius 1 is 1.04 bits per heavy atom. The molecule has 5 atom stereocenters. The molecule has 3 aromatic carbocycles. The van der Waals surface area contributed by atoms with E-state index in [9.17, 15) is 13.2 Å². The van der Waals surface area contributed by atoms with Crippen molar-refractivity contribution < 1.29 is 27.4 Å². The van der Waals surface area contributed by atoms with E-state index in [0.29, 0.717) is 36.7 Å². The first-order valence-corrected chi connectivity index (χ1v) is 18.6. The summed E-state index contributed by atoms with van der Waals surface area (Å²) in [5.41, 5.74) is 3.76. The van der Waals surface area contributed by atoms with Crippen molar-refractivity contribution in [2.75, 3.05) is 20.2 Å². The Morgan fingerprint density at radius 3 is 2.51 bits per heavy atom. The second kappa shape index (κ2) is 12.2.